The maximum Gasteiger partial charge on any atom is 0.262 e. The molecule has 1 unspecified atom stereocenters. The highest BCUT2D eigenvalue weighted by atomic mass is 16.5. The van der Waals surface area contributed by atoms with Gasteiger partial charge in [-0.1, -0.05) is 13.0 Å². The van der Waals surface area contributed by atoms with E-state index in [1.165, 1.54) is 0 Å². The molecule has 5 aliphatic heterocycles. The Morgan fingerprint density at radius 1 is 0.846 bits per heavy atom. The van der Waals surface area contributed by atoms with Gasteiger partial charge in [-0.05, 0) is 112 Å². The summed E-state index contributed by atoms with van der Waals surface area (Å²) in [4.78, 5) is 78.9. The van der Waals surface area contributed by atoms with Crippen LogP contribution < -0.4 is 20.3 Å². The molecule has 5 aliphatic rings. The van der Waals surface area contributed by atoms with Crippen LogP contribution in [0.25, 0.3) is 22.3 Å². The van der Waals surface area contributed by atoms with E-state index in [2.05, 4.69) is 33.6 Å². The lowest BCUT2D eigenvalue weighted by molar-refractivity contribution is -0.136. The van der Waals surface area contributed by atoms with Gasteiger partial charge in [0.2, 0.25) is 23.6 Å². The summed E-state index contributed by atoms with van der Waals surface area (Å²) in [7, 11) is 1.81. The third kappa shape index (κ3) is 8.50. The number of hydrogen-bond donors (Lipinski definition) is 2. The molecule has 2 aromatic carbocycles. The lowest BCUT2D eigenvalue weighted by atomic mass is 9.95. The van der Waals surface area contributed by atoms with Gasteiger partial charge in [0.05, 0.1) is 51.7 Å². The first-order valence-corrected chi connectivity index (χ1v) is 22.1. The second-order valence-electron chi connectivity index (χ2n) is 17.6. The Balaban J connectivity index is 0.836. The fourth-order valence-electron chi connectivity index (χ4n) is 9.37. The molecule has 0 saturated carbocycles. The number of fused-ring (bicyclic) bond motifs is 8. The number of pyridine rings is 1. The molecule has 65 heavy (non-hydrogen) atoms. The van der Waals surface area contributed by atoms with E-state index in [4.69, 9.17) is 25.7 Å². The highest BCUT2D eigenvalue weighted by Crippen LogP contribution is 2.33. The van der Waals surface area contributed by atoms with Gasteiger partial charge in [0.15, 0.2) is 0 Å². The molecule has 3 aromatic heterocycles. The first-order chi connectivity index (χ1) is 34.5. The number of carbonyl (C=O) groups is 5. The van der Waals surface area contributed by atoms with Gasteiger partial charge < -0.3 is 14.2 Å². The zero-order valence-corrected chi connectivity index (χ0v) is 36.4. The van der Waals surface area contributed by atoms with E-state index >= 15 is 0 Å². The van der Waals surface area contributed by atoms with Gasteiger partial charge >= 0.3 is 0 Å². The Bertz CT molecular complexity index is 3070. The van der Waals surface area contributed by atoms with E-state index in [1.807, 2.05) is 23.6 Å². The van der Waals surface area contributed by atoms with Crippen molar-refractivity contribution in [3.8, 4) is 17.1 Å². The van der Waals surface area contributed by atoms with Crippen LogP contribution in [0.4, 0.5) is 11.6 Å². The predicted molar refractivity (Wildman–Crippen MR) is 243 cm³/mol. The summed E-state index contributed by atoms with van der Waals surface area (Å²) in [6.45, 7) is -6.37. The Morgan fingerprint density at radius 3 is 2.45 bits per heavy atom. The van der Waals surface area contributed by atoms with Crippen molar-refractivity contribution in [2.24, 2.45) is 18.9 Å². The van der Waals surface area contributed by atoms with Crippen LogP contribution in [0.2, 0.25) is 0 Å². The number of amides is 5. The largest absolute Gasteiger partial charge is 0.477 e. The molecule has 2 atom stereocenters. The number of carbonyl (C=O) groups excluding carboxylic acids is 5. The quantitative estimate of drug-likeness (QED) is 0.226. The normalized spacial score (nSPS) is 26.5. The number of aryl methyl sites for hydroxylation is 2. The number of piperidine rings is 2. The Labute approximate surface area is 388 Å². The second-order valence-corrected chi connectivity index (χ2v) is 17.6. The zero-order chi connectivity index (χ0) is 52.1. The van der Waals surface area contributed by atoms with E-state index in [1.54, 1.807) is 30.1 Å². The molecular formula is C48H55N11O6. The molecule has 5 aromatic rings. The number of imide groups is 2. The second kappa shape index (κ2) is 17.5. The summed E-state index contributed by atoms with van der Waals surface area (Å²) in [5.41, 5.74) is 4.04. The van der Waals surface area contributed by atoms with Crippen molar-refractivity contribution >= 4 is 52.2 Å². The number of rotatable bonds is 6. The summed E-state index contributed by atoms with van der Waals surface area (Å²) in [6, 6.07) is 11.5. The molecule has 338 valence electrons. The predicted octanol–water partition coefficient (Wildman–Crippen LogP) is 4.64. The smallest absolute Gasteiger partial charge is 0.262 e. The molecule has 3 saturated heterocycles. The topological polar surface area (TPSA) is 180 Å². The highest BCUT2D eigenvalue weighted by Gasteiger charge is 2.45. The summed E-state index contributed by atoms with van der Waals surface area (Å²) in [5, 5.41) is 9.58. The number of anilines is 2. The molecule has 17 heteroatoms. The van der Waals surface area contributed by atoms with E-state index in [0.717, 1.165) is 42.1 Å². The van der Waals surface area contributed by atoms with Crippen LogP contribution >= 0.6 is 0 Å². The molecular weight excluding hydrogens is 827 g/mol. The molecule has 0 spiro atoms. The molecule has 3 fully saturated rings. The molecule has 2 bridgehead atoms. The van der Waals surface area contributed by atoms with Gasteiger partial charge in [-0.3, -0.25) is 54.3 Å². The fourth-order valence-corrected chi connectivity index (χ4v) is 9.37. The summed E-state index contributed by atoms with van der Waals surface area (Å²) < 4.78 is 83.1. The number of nitrogens with zero attached hydrogens (tertiary/aromatic N) is 9. The van der Waals surface area contributed by atoms with Crippen molar-refractivity contribution in [1.29, 1.82) is 0 Å². The van der Waals surface area contributed by atoms with Crippen molar-refractivity contribution in [1.82, 2.24) is 44.3 Å². The van der Waals surface area contributed by atoms with Crippen LogP contribution in [-0.4, -0.2) is 127 Å². The van der Waals surface area contributed by atoms with Gasteiger partial charge in [-0.25, -0.2) is 9.67 Å². The van der Waals surface area contributed by atoms with Crippen molar-refractivity contribution < 1.29 is 39.7 Å². The van der Waals surface area contributed by atoms with Crippen molar-refractivity contribution in [3.63, 3.8) is 0 Å². The number of piperazine rings is 1. The molecule has 5 amide bonds. The van der Waals surface area contributed by atoms with Crippen LogP contribution in [0.3, 0.4) is 0 Å². The number of aromatic nitrogens is 5. The molecule has 8 heterocycles. The van der Waals surface area contributed by atoms with Crippen LogP contribution in [0, 0.1) is 18.8 Å². The maximum atomic E-state index is 13.9. The third-order valence-electron chi connectivity index (χ3n) is 12.8. The molecule has 17 nitrogen and oxygen atoms in total. The van der Waals surface area contributed by atoms with Gasteiger partial charge in [-0.15, -0.1) is 0 Å². The van der Waals surface area contributed by atoms with Gasteiger partial charge in [0.1, 0.15) is 6.04 Å². The van der Waals surface area contributed by atoms with E-state index in [9.17, 15) is 24.0 Å². The van der Waals surface area contributed by atoms with Crippen LogP contribution in [0.1, 0.15) is 98.7 Å². The van der Waals surface area contributed by atoms with E-state index in [-0.39, 0.29) is 53.9 Å². The maximum absolute atomic E-state index is 13.9. The summed E-state index contributed by atoms with van der Waals surface area (Å²) in [5.74, 6) is -2.66. The van der Waals surface area contributed by atoms with Gasteiger partial charge in [0, 0.05) is 81.5 Å². The Hall–Kier alpha value is -6.46. The Kier molecular flexibility index (Phi) is 9.14. The number of imidazole rings is 1. The van der Waals surface area contributed by atoms with Crippen LogP contribution in [0.15, 0.2) is 54.7 Å². The number of benzene rings is 2. The SMILES string of the molecule is [2H]C1([2H])N(CC2CCN(Cc3ccc4nc5n(c4c3)C[C@H](C)CCCOc3c(cnn3C)-c3cc(cc(C)n3)C(=O)N5)CC2)C([2H])([2H])C([2H])([2H])N(c2ccc3c(c2)C(=O)N(C2CCC(=O)NC2=O)C3=O)C1([2H])[2H]. The highest BCUT2D eigenvalue weighted by molar-refractivity contribution is 6.23. The van der Waals surface area contributed by atoms with E-state index in [0.29, 0.717) is 100 Å². The average molecular weight is 890 g/mol. The molecule has 0 radical (unpaired) electrons. The standard InChI is InChI=1S/C48H55N11O6/c1-29-5-4-20-65-47-37(25-49-54(47)3)39-23-33(21-30(2)50-39)43(61)53-48-51-38-9-6-32(22-41(38)58(48)26-29)28-55-14-12-31(13-15-55)27-56-16-18-57(19-17-56)34-7-8-35-36(24-34)46(64)59(45(35)63)40-10-11-42(60)52-44(40)62/h6-9,21-25,29,31,40H,4-5,10-20,26-28H2,1-3H3,(H,51,53,61)(H,52,60,62)/t29-,40?/m1/s1/i16D2,17D2,18D2,19D2. The number of hydrogen-bond acceptors (Lipinski definition) is 12. The Morgan fingerprint density at radius 2 is 1.65 bits per heavy atom. The molecule has 2 N–H and O–H groups in total. The van der Waals surface area contributed by atoms with E-state index < -0.39 is 55.7 Å². The summed E-state index contributed by atoms with van der Waals surface area (Å²) >= 11 is 0. The number of ether oxygens (including phenoxy) is 1. The number of nitrogens with one attached hydrogen (secondary N) is 2. The van der Waals surface area contributed by atoms with Crippen LogP contribution in [-0.2, 0) is 29.7 Å². The molecule has 10 rings (SSSR count). The summed E-state index contributed by atoms with van der Waals surface area (Å²) in [6.07, 6.45) is 4.05. The zero-order valence-electron chi connectivity index (χ0n) is 44.4. The first-order valence-electron chi connectivity index (χ1n) is 26.1. The molecule has 0 aliphatic carbocycles. The first kappa shape index (κ1) is 34.0. The lowest BCUT2D eigenvalue weighted by Crippen LogP contribution is -2.54. The van der Waals surface area contributed by atoms with Crippen LogP contribution in [0.5, 0.6) is 5.88 Å². The minimum absolute atomic E-state index is 0.107. The lowest BCUT2D eigenvalue weighted by Gasteiger charge is -2.39. The third-order valence-corrected chi connectivity index (χ3v) is 12.8. The minimum atomic E-state index is -3.23. The average Bonchev–Trinajstić information content (AvgIpc) is 3.94. The van der Waals surface area contributed by atoms with Crippen molar-refractivity contribution in [2.75, 3.05) is 62.4 Å². The number of likely N-dealkylation sites (tertiary alicyclic amines) is 1. The van der Waals surface area contributed by atoms with Crippen molar-refractivity contribution in [3.05, 3.63) is 82.7 Å². The van der Waals surface area contributed by atoms with Gasteiger partial charge in [0.25, 0.3) is 17.7 Å². The monoisotopic (exact) mass is 889 g/mol. The van der Waals surface area contributed by atoms with Gasteiger partial charge in [-0.2, -0.15) is 5.10 Å². The fraction of sp³-hybridized carbons (Fsp3) is 0.458. The minimum Gasteiger partial charge on any atom is -0.477 e. The van der Waals surface area contributed by atoms with Crippen molar-refractivity contribution in [2.45, 2.75) is 71.5 Å².